The predicted octanol–water partition coefficient (Wildman–Crippen LogP) is 5.50. The van der Waals surface area contributed by atoms with E-state index in [1.807, 2.05) is 37.3 Å². The lowest BCUT2D eigenvalue weighted by atomic mass is 9.76. The van der Waals surface area contributed by atoms with Crippen LogP contribution in [0.2, 0.25) is 0 Å². The van der Waals surface area contributed by atoms with Gasteiger partial charge in [-0.25, -0.2) is 14.3 Å². The standard InChI is InChI=1S/C33H34F2N4O4/c1-21-16-24(28-4-2-3-5-30(28)37-21)20-43-27-10-7-22(8-11-27)32(41)38-33(18-31(40)39-42)14-12-26(13-15-33)36-19-23-6-9-25(34)17-29(23)35/h2-11,16-17,26,36,42H,12-15,18-20H2,1H3,(H,38,41)(H,39,40)/t26-,33-. The fourth-order valence-corrected chi connectivity index (χ4v) is 5.68. The molecule has 1 fully saturated rings. The number of benzene rings is 3. The molecule has 4 aromatic rings. The van der Waals surface area contributed by atoms with Gasteiger partial charge in [0.15, 0.2) is 0 Å². The number of amides is 2. The average molecular weight is 589 g/mol. The first-order valence-corrected chi connectivity index (χ1v) is 14.2. The molecule has 0 unspecified atom stereocenters. The van der Waals surface area contributed by atoms with Gasteiger partial charge in [0.05, 0.1) is 11.9 Å². The van der Waals surface area contributed by atoms with Crippen LogP contribution in [0.15, 0.2) is 72.8 Å². The SMILES string of the molecule is Cc1cc(COc2ccc(C(=O)N[C@]3(CC(=O)NO)CC[C@@H](NCc4ccc(F)cc4F)CC3)cc2)c2ccccc2n1. The maximum atomic E-state index is 14.0. The van der Waals surface area contributed by atoms with E-state index in [-0.39, 0.29) is 24.9 Å². The van der Waals surface area contributed by atoms with Crippen molar-refractivity contribution in [3.8, 4) is 5.75 Å². The van der Waals surface area contributed by atoms with Crippen LogP contribution in [0.5, 0.6) is 5.75 Å². The molecule has 224 valence electrons. The summed E-state index contributed by atoms with van der Waals surface area (Å²) in [5.74, 6) is -1.57. The van der Waals surface area contributed by atoms with Gasteiger partial charge in [0, 0.05) is 52.0 Å². The Morgan fingerprint density at radius 3 is 2.47 bits per heavy atom. The summed E-state index contributed by atoms with van der Waals surface area (Å²) in [4.78, 5) is 30.0. The zero-order chi connectivity index (χ0) is 30.4. The topological polar surface area (TPSA) is 113 Å². The molecule has 0 atom stereocenters. The Hall–Kier alpha value is -4.41. The number of ether oxygens (including phenoxy) is 1. The van der Waals surface area contributed by atoms with Crippen molar-refractivity contribution in [2.45, 2.75) is 63.8 Å². The largest absolute Gasteiger partial charge is 0.489 e. The van der Waals surface area contributed by atoms with Crippen LogP contribution in [0.1, 0.15) is 59.3 Å². The first-order valence-electron chi connectivity index (χ1n) is 14.2. The van der Waals surface area contributed by atoms with Gasteiger partial charge in [0.2, 0.25) is 5.91 Å². The average Bonchev–Trinajstić information content (AvgIpc) is 3.00. The van der Waals surface area contributed by atoms with E-state index < -0.39 is 23.1 Å². The molecule has 3 aromatic carbocycles. The third-order valence-corrected chi connectivity index (χ3v) is 7.98. The number of hydrogen-bond acceptors (Lipinski definition) is 6. The second kappa shape index (κ2) is 13.3. The van der Waals surface area contributed by atoms with E-state index in [1.165, 1.54) is 12.1 Å². The van der Waals surface area contributed by atoms with Crippen LogP contribution in [0.3, 0.4) is 0 Å². The molecular weight excluding hydrogens is 554 g/mol. The fraction of sp³-hybridized carbons (Fsp3) is 0.303. The second-order valence-corrected chi connectivity index (χ2v) is 11.1. The predicted molar refractivity (Wildman–Crippen MR) is 157 cm³/mol. The Bertz CT molecular complexity index is 1600. The number of aromatic nitrogens is 1. The van der Waals surface area contributed by atoms with Crippen molar-refractivity contribution in [3.05, 3.63) is 107 Å². The van der Waals surface area contributed by atoms with E-state index in [4.69, 9.17) is 4.74 Å². The van der Waals surface area contributed by atoms with Crippen molar-refractivity contribution >= 4 is 22.7 Å². The van der Waals surface area contributed by atoms with Crippen molar-refractivity contribution < 1.29 is 28.3 Å². The summed E-state index contributed by atoms with van der Waals surface area (Å²) in [7, 11) is 0. The number of halogens is 2. The second-order valence-electron chi connectivity index (χ2n) is 11.1. The highest BCUT2D eigenvalue weighted by Gasteiger charge is 2.38. The molecular formula is C33H34F2N4O4. The molecule has 4 N–H and O–H groups in total. The lowest BCUT2D eigenvalue weighted by Crippen LogP contribution is -2.54. The molecule has 0 aliphatic heterocycles. The molecule has 0 saturated heterocycles. The number of nitrogens with one attached hydrogen (secondary N) is 3. The summed E-state index contributed by atoms with van der Waals surface area (Å²) in [5.41, 5.74) is 4.41. The van der Waals surface area contributed by atoms with Crippen LogP contribution in [0.25, 0.3) is 10.9 Å². The highest BCUT2D eigenvalue weighted by molar-refractivity contribution is 5.95. The minimum absolute atomic E-state index is 0.0180. The zero-order valence-corrected chi connectivity index (χ0v) is 23.8. The number of para-hydroxylation sites is 1. The Morgan fingerprint density at radius 2 is 1.74 bits per heavy atom. The lowest BCUT2D eigenvalue weighted by Gasteiger charge is -2.40. The molecule has 10 heteroatoms. The van der Waals surface area contributed by atoms with Crippen molar-refractivity contribution in [3.63, 3.8) is 0 Å². The third-order valence-electron chi connectivity index (χ3n) is 7.98. The number of carbonyl (C=O) groups excluding carboxylic acids is 2. The van der Waals surface area contributed by atoms with Gasteiger partial charge in [0.25, 0.3) is 5.91 Å². The Morgan fingerprint density at radius 1 is 1.00 bits per heavy atom. The first-order chi connectivity index (χ1) is 20.7. The smallest absolute Gasteiger partial charge is 0.251 e. The normalized spacial score (nSPS) is 18.3. The molecule has 1 aliphatic carbocycles. The van der Waals surface area contributed by atoms with Gasteiger partial charge in [0.1, 0.15) is 24.0 Å². The number of nitrogens with zero attached hydrogens (tertiary/aromatic N) is 1. The van der Waals surface area contributed by atoms with Crippen LogP contribution in [-0.2, 0) is 17.9 Å². The number of rotatable bonds is 10. The highest BCUT2D eigenvalue weighted by atomic mass is 19.1. The molecule has 1 aromatic heterocycles. The lowest BCUT2D eigenvalue weighted by molar-refractivity contribution is -0.131. The number of aryl methyl sites for hydroxylation is 1. The molecule has 0 radical (unpaired) electrons. The minimum Gasteiger partial charge on any atom is -0.489 e. The fourth-order valence-electron chi connectivity index (χ4n) is 5.68. The summed E-state index contributed by atoms with van der Waals surface area (Å²) in [6.45, 7) is 2.52. The Kier molecular flexibility index (Phi) is 9.27. The van der Waals surface area contributed by atoms with Crippen molar-refractivity contribution in [1.29, 1.82) is 0 Å². The molecule has 2 amide bonds. The summed E-state index contributed by atoms with van der Waals surface area (Å²) < 4.78 is 33.3. The molecule has 8 nitrogen and oxygen atoms in total. The molecule has 0 spiro atoms. The maximum Gasteiger partial charge on any atom is 0.251 e. The maximum absolute atomic E-state index is 14.0. The Balaban J connectivity index is 1.20. The van der Waals surface area contributed by atoms with Crippen LogP contribution >= 0.6 is 0 Å². The molecule has 5 rings (SSSR count). The van der Waals surface area contributed by atoms with E-state index in [0.717, 1.165) is 28.2 Å². The van der Waals surface area contributed by atoms with Crippen molar-refractivity contribution in [2.75, 3.05) is 0 Å². The van der Waals surface area contributed by atoms with E-state index >= 15 is 0 Å². The number of carbonyl (C=O) groups is 2. The number of fused-ring (bicyclic) bond motifs is 1. The van der Waals surface area contributed by atoms with Gasteiger partial charge in [-0.15, -0.1) is 0 Å². The molecule has 1 saturated carbocycles. The van der Waals surface area contributed by atoms with Crippen molar-refractivity contribution in [1.82, 2.24) is 21.1 Å². The number of hydrogen-bond donors (Lipinski definition) is 4. The van der Waals surface area contributed by atoms with Gasteiger partial charge in [-0.05, 0) is 75.1 Å². The van der Waals surface area contributed by atoms with Crippen LogP contribution in [0.4, 0.5) is 8.78 Å². The molecule has 0 bridgehead atoms. The van der Waals surface area contributed by atoms with E-state index in [9.17, 15) is 23.6 Å². The van der Waals surface area contributed by atoms with Gasteiger partial charge < -0.3 is 15.4 Å². The van der Waals surface area contributed by atoms with Crippen LogP contribution in [0, 0.1) is 18.6 Å². The monoisotopic (exact) mass is 588 g/mol. The van der Waals surface area contributed by atoms with Gasteiger partial charge in [-0.3, -0.25) is 19.8 Å². The van der Waals surface area contributed by atoms with Gasteiger partial charge >= 0.3 is 0 Å². The number of pyridine rings is 1. The van der Waals surface area contributed by atoms with Crippen molar-refractivity contribution in [2.24, 2.45) is 0 Å². The summed E-state index contributed by atoms with van der Waals surface area (Å²) in [6, 6.07) is 20.2. The first kappa shape index (κ1) is 30.1. The molecule has 43 heavy (non-hydrogen) atoms. The van der Waals surface area contributed by atoms with E-state index in [2.05, 4.69) is 15.6 Å². The van der Waals surface area contributed by atoms with Gasteiger partial charge in [-0.1, -0.05) is 24.3 Å². The van der Waals surface area contributed by atoms with E-state index in [1.54, 1.807) is 29.7 Å². The van der Waals surface area contributed by atoms with E-state index in [0.29, 0.717) is 49.2 Å². The molecule has 1 heterocycles. The third kappa shape index (κ3) is 7.52. The minimum atomic E-state index is -0.862. The highest BCUT2D eigenvalue weighted by Crippen LogP contribution is 2.32. The van der Waals surface area contributed by atoms with Crippen LogP contribution in [-0.4, -0.2) is 33.6 Å². The Labute approximate surface area is 248 Å². The van der Waals surface area contributed by atoms with Crippen LogP contribution < -0.4 is 20.9 Å². The zero-order valence-electron chi connectivity index (χ0n) is 23.8. The summed E-state index contributed by atoms with van der Waals surface area (Å²) in [6.07, 6.45) is 2.07. The summed E-state index contributed by atoms with van der Waals surface area (Å²) in [5, 5.41) is 16.5. The quantitative estimate of drug-likeness (QED) is 0.144. The molecule has 1 aliphatic rings. The summed E-state index contributed by atoms with van der Waals surface area (Å²) >= 11 is 0. The number of hydroxylamine groups is 1. The van der Waals surface area contributed by atoms with Gasteiger partial charge in [-0.2, -0.15) is 0 Å².